The lowest BCUT2D eigenvalue weighted by atomic mass is 10.1. The molecule has 0 aliphatic heterocycles. The molecule has 3 aromatic rings. The van der Waals surface area contributed by atoms with Gasteiger partial charge in [0, 0.05) is 0 Å². The van der Waals surface area contributed by atoms with E-state index in [9.17, 15) is 9.90 Å². The van der Waals surface area contributed by atoms with E-state index in [1.807, 2.05) is 67.2 Å². The summed E-state index contributed by atoms with van der Waals surface area (Å²) in [7, 11) is 4.04. The van der Waals surface area contributed by atoms with Gasteiger partial charge in [-0.1, -0.05) is 79.3 Å². The highest BCUT2D eigenvalue weighted by molar-refractivity contribution is 8.00. The average Bonchev–Trinajstić information content (AvgIpc) is 3.09. The van der Waals surface area contributed by atoms with Gasteiger partial charge < -0.3 is 9.67 Å². The zero-order chi connectivity index (χ0) is 20.8. The molecule has 0 spiro atoms. The number of carboxylic acid groups (broad SMARTS) is 1. The Balaban J connectivity index is 2.01. The van der Waals surface area contributed by atoms with Crippen molar-refractivity contribution in [1.82, 2.24) is 19.7 Å². The Morgan fingerprint density at radius 3 is 2.24 bits per heavy atom. The zero-order valence-electron chi connectivity index (χ0n) is 16.9. The van der Waals surface area contributed by atoms with Crippen LogP contribution in [0.5, 0.6) is 0 Å². The highest BCUT2D eigenvalue weighted by atomic mass is 32.2. The molecule has 152 valence electrons. The molecule has 0 bridgehead atoms. The van der Waals surface area contributed by atoms with E-state index in [1.165, 1.54) is 11.8 Å². The Labute approximate surface area is 175 Å². The predicted molar refractivity (Wildman–Crippen MR) is 115 cm³/mol. The number of hydrogen-bond acceptors (Lipinski definition) is 5. The SMILES string of the molecule is CCC(c1nnc(SC(C(=O)O)c2ccccc2)n1Cc1ccccc1)N(C)C. The summed E-state index contributed by atoms with van der Waals surface area (Å²) < 4.78 is 2.05. The van der Waals surface area contributed by atoms with Gasteiger partial charge >= 0.3 is 5.97 Å². The Morgan fingerprint density at radius 2 is 1.69 bits per heavy atom. The van der Waals surface area contributed by atoms with Gasteiger partial charge in [0.25, 0.3) is 0 Å². The molecule has 0 radical (unpaired) electrons. The fourth-order valence-electron chi connectivity index (χ4n) is 3.32. The number of carboxylic acids is 1. The number of aliphatic carboxylic acids is 1. The lowest BCUT2D eigenvalue weighted by Crippen LogP contribution is -2.23. The van der Waals surface area contributed by atoms with Crippen molar-refractivity contribution in [3.05, 3.63) is 77.6 Å². The topological polar surface area (TPSA) is 71.2 Å². The molecule has 2 aromatic carbocycles. The summed E-state index contributed by atoms with van der Waals surface area (Å²) in [4.78, 5) is 14.1. The largest absolute Gasteiger partial charge is 0.480 e. The molecule has 2 atom stereocenters. The number of nitrogens with zero attached hydrogens (tertiary/aromatic N) is 4. The van der Waals surface area contributed by atoms with Gasteiger partial charge in [-0.2, -0.15) is 0 Å². The average molecular weight is 411 g/mol. The van der Waals surface area contributed by atoms with Crippen LogP contribution >= 0.6 is 11.8 Å². The van der Waals surface area contributed by atoms with Crippen LogP contribution in [0.1, 0.15) is 41.6 Å². The van der Waals surface area contributed by atoms with Gasteiger partial charge in [0.05, 0.1) is 12.6 Å². The van der Waals surface area contributed by atoms with Crippen molar-refractivity contribution in [3.63, 3.8) is 0 Å². The second-order valence-corrected chi connectivity index (χ2v) is 8.12. The first-order valence-electron chi connectivity index (χ1n) is 9.59. The molecular formula is C22H26N4O2S. The lowest BCUT2D eigenvalue weighted by Gasteiger charge is -2.23. The van der Waals surface area contributed by atoms with Gasteiger partial charge in [-0.3, -0.25) is 9.69 Å². The van der Waals surface area contributed by atoms with Gasteiger partial charge in [-0.05, 0) is 31.6 Å². The number of benzene rings is 2. The van der Waals surface area contributed by atoms with Crippen LogP contribution in [-0.4, -0.2) is 44.8 Å². The van der Waals surface area contributed by atoms with E-state index < -0.39 is 11.2 Å². The van der Waals surface area contributed by atoms with Crippen LogP contribution in [0, 0.1) is 0 Å². The number of rotatable bonds is 9. The maximum Gasteiger partial charge on any atom is 0.321 e. The first-order valence-corrected chi connectivity index (χ1v) is 10.5. The van der Waals surface area contributed by atoms with Crippen molar-refractivity contribution < 1.29 is 9.90 Å². The third kappa shape index (κ3) is 5.05. The maximum absolute atomic E-state index is 12.0. The van der Waals surface area contributed by atoms with E-state index in [4.69, 9.17) is 0 Å². The standard InChI is InChI=1S/C22H26N4O2S/c1-4-18(25(2)3)20-23-24-22(26(20)15-16-11-7-5-8-12-16)29-19(21(27)28)17-13-9-6-10-14-17/h5-14,18-19H,4,15H2,1-3H3,(H,27,28). The van der Waals surface area contributed by atoms with E-state index in [2.05, 4.69) is 34.2 Å². The van der Waals surface area contributed by atoms with Crippen LogP contribution in [0.2, 0.25) is 0 Å². The van der Waals surface area contributed by atoms with Crippen molar-refractivity contribution in [1.29, 1.82) is 0 Å². The second-order valence-electron chi connectivity index (χ2n) is 7.05. The van der Waals surface area contributed by atoms with Crippen LogP contribution in [0.3, 0.4) is 0 Å². The Morgan fingerprint density at radius 1 is 1.07 bits per heavy atom. The number of aromatic nitrogens is 3. The van der Waals surface area contributed by atoms with Gasteiger partial charge in [0.15, 0.2) is 11.0 Å². The van der Waals surface area contributed by atoms with E-state index in [0.717, 1.165) is 23.4 Å². The Hall–Kier alpha value is -2.64. The molecule has 3 rings (SSSR count). The molecule has 0 fully saturated rings. The third-order valence-corrected chi connectivity index (χ3v) is 6.01. The molecule has 0 saturated heterocycles. The monoisotopic (exact) mass is 410 g/mol. The van der Waals surface area contributed by atoms with Crippen molar-refractivity contribution in [2.24, 2.45) is 0 Å². The smallest absolute Gasteiger partial charge is 0.321 e. The van der Waals surface area contributed by atoms with Gasteiger partial charge in [-0.25, -0.2) is 0 Å². The fourth-order valence-corrected chi connectivity index (χ4v) is 4.30. The van der Waals surface area contributed by atoms with Crippen LogP contribution < -0.4 is 0 Å². The van der Waals surface area contributed by atoms with Gasteiger partial charge in [0.1, 0.15) is 5.25 Å². The summed E-state index contributed by atoms with van der Waals surface area (Å²) in [5.41, 5.74) is 1.86. The first kappa shape index (κ1) is 21.1. The molecule has 2 unspecified atom stereocenters. The Bertz CT molecular complexity index is 929. The minimum atomic E-state index is -0.892. The molecule has 1 N–H and O–H groups in total. The summed E-state index contributed by atoms with van der Waals surface area (Å²) in [6.07, 6.45) is 0.881. The summed E-state index contributed by atoms with van der Waals surface area (Å²) >= 11 is 1.23. The molecule has 0 aliphatic carbocycles. The first-order chi connectivity index (χ1) is 14.0. The second kappa shape index (κ2) is 9.71. The summed E-state index contributed by atoms with van der Waals surface area (Å²) in [6, 6.07) is 19.4. The Kier molecular flexibility index (Phi) is 7.06. The summed E-state index contributed by atoms with van der Waals surface area (Å²) in [6.45, 7) is 2.71. The minimum absolute atomic E-state index is 0.0977. The molecule has 7 heteroatoms. The van der Waals surface area contributed by atoms with Gasteiger partial charge in [-0.15, -0.1) is 10.2 Å². The molecular weight excluding hydrogens is 384 g/mol. The van der Waals surface area contributed by atoms with Gasteiger partial charge in [0.2, 0.25) is 0 Å². The van der Waals surface area contributed by atoms with E-state index in [-0.39, 0.29) is 6.04 Å². The van der Waals surface area contributed by atoms with E-state index >= 15 is 0 Å². The van der Waals surface area contributed by atoms with Crippen molar-refractivity contribution >= 4 is 17.7 Å². The highest BCUT2D eigenvalue weighted by Gasteiger charge is 2.27. The number of hydrogen-bond donors (Lipinski definition) is 1. The molecule has 29 heavy (non-hydrogen) atoms. The molecule has 1 aromatic heterocycles. The molecule has 0 aliphatic rings. The van der Waals surface area contributed by atoms with E-state index in [1.54, 1.807) is 0 Å². The third-order valence-electron chi connectivity index (χ3n) is 4.79. The van der Waals surface area contributed by atoms with Crippen molar-refractivity contribution in [3.8, 4) is 0 Å². The normalized spacial score (nSPS) is 13.4. The van der Waals surface area contributed by atoms with E-state index in [0.29, 0.717) is 11.7 Å². The van der Waals surface area contributed by atoms with Crippen LogP contribution in [-0.2, 0) is 11.3 Å². The predicted octanol–water partition coefficient (Wildman–Crippen LogP) is 4.26. The molecule has 6 nitrogen and oxygen atoms in total. The van der Waals surface area contributed by atoms with Crippen molar-refractivity contribution in [2.45, 2.75) is 36.3 Å². The van der Waals surface area contributed by atoms with Crippen LogP contribution in [0.15, 0.2) is 65.8 Å². The molecule has 0 saturated carbocycles. The molecule has 1 heterocycles. The zero-order valence-corrected chi connectivity index (χ0v) is 17.7. The van der Waals surface area contributed by atoms with Crippen molar-refractivity contribution in [2.75, 3.05) is 14.1 Å². The van der Waals surface area contributed by atoms with Crippen LogP contribution in [0.25, 0.3) is 0 Å². The quantitative estimate of drug-likeness (QED) is 0.532. The lowest BCUT2D eigenvalue weighted by molar-refractivity contribution is -0.136. The minimum Gasteiger partial charge on any atom is -0.480 e. The molecule has 0 amide bonds. The number of thioether (sulfide) groups is 1. The summed E-state index contributed by atoms with van der Waals surface area (Å²) in [5.74, 6) is -0.0438. The highest BCUT2D eigenvalue weighted by Crippen LogP contribution is 2.36. The van der Waals surface area contributed by atoms with Crippen LogP contribution in [0.4, 0.5) is 0 Å². The fraction of sp³-hybridized carbons (Fsp3) is 0.318. The maximum atomic E-state index is 12.0. The summed E-state index contributed by atoms with van der Waals surface area (Å²) in [5, 5.41) is 18.6. The number of carbonyl (C=O) groups is 1.